The van der Waals surface area contributed by atoms with Gasteiger partial charge in [-0.25, -0.2) is 0 Å². The molecule has 1 aromatic rings. The predicted octanol–water partition coefficient (Wildman–Crippen LogP) is 1.36. The quantitative estimate of drug-likeness (QED) is 0.702. The minimum Gasteiger partial charge on any atom is -0.492 e. The highest BCUT2D eigenvalue weighted by molar-refractivity contribution is 6.30. The van der Waals surface area contributed by atoms with E-state index in [0.29, 0.717) is 24.7 Å². The molecule has 0 saturated carbocycles. The molecule has 0 fully saturated rings. The van der Waals surface area contributed by atoms with Crippen LogP contribution in [0.1, 0.15) is 5.56 Å². The molecule has 0 amide bonds. The third-order valence-corrected chi connectivity index (χ3v) is 2.66. The Morgan fingerprint density at radius 1 is 1.39 bits per heavy atom. The number of rotatable bonds is 8. The summed E-state index contributed by atoms with van der Waals surface area (Å²) in [5.41, 5.74) is 1.01. The predicted molar refractivity (Wildman–Crippen MR) is 74.3 cm³/mol. The van der Waals surface area contributed by atoms with E-state index in [1.54, 1.807) is 0 Å². The zero-order valence-corrected chi connectivity index (χ0v) is 11.7. The molecule has 0 bridgehead atoms. The fourth-order valence-electron chi connectivity index (χ4n) is 1.47. The average Bonchev–Trinajstić information content (AvgIpc) is 2.32. The second kappa shape index (κ2) is 8.32. The van der Waals surface area contributed by atoms with Crippen molar-refractivity contribution < 1.29 is 9.84 Å². The maximum absolute atomic E-state index is 8.75. The van der Waals surface area contributed by atoms with Gasteiger partial charge in [-0.3, -0.25) is 0 Å². The Balaban J connectivity index is 2.58. The van der Waals surface area contributed by atoms with Gasteiger partial charge >= 0.3 is 0 Å². The van der Waals surface area contributed by atoms with Crippen molar-refractivity contribution in [2.75, 3.05) is 40.4 Å². The summed E-state index contributed by atoms with van der Waals surface area (Å²) in [6.07, 6.45) is 0. The Hall–Kier alpha value is -0.810. The fourth-order valence-corrected chi connectivity index (χ4v) is 1.66. The maximum Gasteiger partial charge on any atom is 0.123 e. The van der Waals surface area contributed by atoms with Crippen LogP contribution < -0.4 is 10.1 Å². The van der Waals surface area contributed by atoms with Crippen LogP contribution >= 0.6 is 11.6 Å². The summed E-state index contributed by atoms with van der Waals surface area (Å²) in [6.45, 7) is 2.83. The van der Waals surface area contributed by atoms with Crippen molar-refractivity contribution in [3.63, 3.8) is 0 Å². The van der Waals surface area contributed by atoms with Crippen molar-refractivity contribution in [3.05, 3.63) is 28.8 Å². The molecule has 5 heteroatoms. The van der Waals surface area contributed by atoms with E-state index >= 15 is 0 Å². The molecule has 0 radical (unpaired) electrons. The van der Waals surface area contributed by atoms with E-state index in [2.05, 4.69) is 10.2 Å². The molecule has 0 aliphatic carbocycles. The molecule has 1 rings (SSSR count). The van der Waals surface area contributed by atoms with E-state index in [1.807, 2.05) is 32.3 Å². The third kappa shape index (κ3) is 5.69. The van der Waals surface area contributed by atoms with Crippen molar-refractivity contribution in [2.45, 2.75) is 6.54 Å². The first-order valence-electron chi connectivity index (χ1n) is 6.01. The number of ether oxygens (including phenoxy) is 1. The molecule has 4 nitrogen and oxygen atoms in total. The van der Waals surface area contributed by atoms with Gasteiger partial charge < -0.3 is 20.1 Å². The SMILES string of the molecule is CN(C)CCOc1ccc(Cl)cc1CNCCO. The summed E-state index contributed by atoms with van der Waals surface area (Å²) in [5, 5.41) is 12.6. The molecule has 0 saturated heterocycles. The second-order valence-electron chi connectivity index (χ2n) is 4.30. The van der Waals surface area contributed by atoms with Gasteiger partial charge in [0.25, 0.3) is 0 Å². The minimum absolute atomic E-state index is 0.122. The van der Waals surface area contributed by atoms with Crippen LogP contribution in [0.5, 0.6) is 5.75 Å². The van der Waals surface area contributed by atoms with E-state index in [-0.39, 0.29) is 6.61 Å². The second-order valence-corrected chi connectivity index (χ2v) is 4.74. The molecule has 0 unspecified atom stereocenters. The first kappa shape index (κ1) is 15.2. The molecule has 1 aromatic carbocycles. The van der Waals surface area contributed by atoms with Gasteiger partial charge in [-0.05, 0) is 32.3 Å². The van der Waals surface area contributed by atoms with Gasteiger partial charge in [0.15, 0.2) is 0 Å². The van der Waals surface area contributed by atoms with E-state index in [4.69, 9.17) is 21.4 Å². The van der Waals surface area contributed by atoms with Crippen molar-refractivity contribution in [1.29, 1.82) is 0 Å². The monoisotopic (exact) mass is 272 g/mol. The van der Waals surface area contributed by atoms with Crippen molar-refractivity contribution in [3.8, 4) is 5.75 Å². The van der Waals surface area contributed by atoms with Crippen molar-refractivity contribution >= 4 is 11.6 Å². The summed E-state index contributed by atoms with van der Waals surface area (Å²) in [4.78, 5) is 2.07. The Labute approximate surface area is 114 Å². The largest absolute Gasteiger partial charge is 0.492 e. The molecule has 0 heterocycles. The molecular weight excluding hydrogens is 252 g/mol. The number of hydrogen-bond donors (Lipinski definition) is 2. The molecule has 18 heavy (non-hydrogen) atoms. The number of likely N-dealkylation sites (N-methyl/N-ethyl adjacent to an activating group) is 1. The molecule has 0 atom stereocenters. The number of halogens is 1. The third-order valence-electron chi connectivity index (χ3n) is 2.42. The first-order valence-corrected chi connectivity index (χ1v) is 6.39. The zero-order chi connectivity index (χ0) is 13.4. The lowest BCUT2D eigenvalue weighted by molar-refractivity contribution is 0.258. The lowest BCUT2D eigenvalue weighted by Crippen LogP contribution is -2.21. The van der Waals surface area contributed by atoms with Crippen LogP contribution in [0, 0.1) is 0 Å². The van der Waals surface area contributed by atoms with Crippen LogP contribution in [0.25, 0.3) is 0 Å². The van der Waals surface area contributed by atoms with Crippen molar-refractivity contribution in [2.24, 2.45) is 0 Å². The van der Waals surface area contributed by atoms with E-state index < -0.39 is 0 Å². The van der Waals surface area contributed by atoms with Gasteiger partial charge in [-0.2, -0.15) is 0 Å². The summed E-state index contributed by atoms with van der Waals surface area (Å²) in [7, 11) is 4.02. The summed E-state index contributed by atoms with van der Waals surface area (Å²) in [6, 6.07) is 5.59. The molecule has 0 aromatic heterocycles. The Bertz CT molecular complexity index is 359. The average molecular weight is 273 g/mol. The van der Waals surface area contributed by atoms with Gasteiger partial charge in [0.2, 0.25) is 0 Å². The smallest absolute Gasteiger partial charge is 0.123 e. The normalized spacial score (nSPS) is 10.9. The fraction of sp³-hybridized carbons (Fsp3) is 0.538. The minimum atomic E-state index is 0.122. The van der Waals surface area contributed by atoms with Gasteiger partial charge in [-0.15, -0.1) is 0 Å². The first-order chi connectivity index (χ1) is 8.63. The van der Waals surface area contributed by atoms with Gasteiger partial charge in [-0.1, -0.05) is 11.6 Å². The van der Waals surface area contributed by atoms with Crippen LogP contribution in [0.15, 0.2) is 18.2 Å². The molecule has 0 aliphatic rings. The van der Waals surface area contributed by atoms with E-state index in [0.717, 1.165) is 17.9 Å². The number of nitrogens with one attached hydrogen (secondary N) is 1. The molecule has 0 aliphatic heterocycles. The lowest BCUT2D eigenvalue weighted by atomic mass is 10.2. The highest BCUT2D eigenvalue weighted by Gasteiger charge is 2.05. The molecule has 0 spiro atoms. The number of aliphatic hydroxyl groups is 1. The topological polar surface area (TPSA) is 44.7 Å². The Morgan fingerprint density at radius 2 is 2.17 bits per heavy atom. The number of benzene rings is 1. The van der Waals surface area contributed by atoms with Crippen LogP contribution in [0.3, 0.4) is 0 Å². The summed E-state index contributed by atoms with van der Waals surface area (Å²) in [5.74, 6) is 0.840. The molecule has 102 valence electrons. The highest BCUT2D eigenvalue weighted by Crippen LogP contribution is 2.22. The number of aliphatic hydroxyl groups excluding tert-OH is 1. The highest BCUT2D eigenvalue weighted by atomic mass is 35.5. The van der Waals surface area contributed by atoms with Gasteiger partial charge in [0.05, 0.1) is 6.61 Å². The molecule has 2 N–H and O–H groups in total. The van der Waals surface area contributed by atoms with Crippen molar-refractivity contribution in [1.82, 2.24) is 10.2 Å². The molecular formula is C13H21ClN2O2. The number of nitrogens with zero attached hydrogens (tertiary/aromatic N) is 1. The van der Waals surface area contributed by atoms with Crippen LogP contribution in [0.4, 0.5) is 0 Å². The van der Waals surface area contributed by atoms with E-state index in [9.17, 15) is 0 Å². The summed E-state index contributed by atoms with van der Waals surface area (Å²) < 4.78 is 5.73. The Morgan fingerprint density at radius 3 is 2.83 bits per heavy atom. The number of hydrogen-bond acceptors (Lipinski definition) is 4. The lowest BCUT2D eigenvalue weighted by Gasteiger charge is -2.14. The zero-order valence-electron chi connectivity index (χ0n) is 10.9. The maximum atomic E-state index is 8.75. The Kier molecular flexibility index (Phi) is 7.05. The summed E-state index contributed by atoms with van der Waals surface area (Å²) >= 11 is 5.97. The standard InChI is InChI=1S/C13H21ClN2O2/c1-16(2)6-8-18-13-4-3-12(14)9-11(13)10-15-5-7-17/h3-4,9,15,17H,5-8,10H2,1-2H3. The van der Waals surface area contributed by atoms with Crippen LogP contribution in [0.2, 0.25) is 5.02 Å². The van der Waals surface area contributed by atoms with E-state index in [1.165, 1.54) is 0 Å². The van der Waals surface area contributed by atoms with Gasteiger partial charge in [0, 0.05) is 30.2 Å². The van der Waals surface area contributed by atoms with Crippen LogP contribution in [-0.4, -0.2) is 50.4 Å². The van der Waals surface area contributed by atoms with Crippen LogP contribution in [-0.2, 0) is 6.54 Å². The van der Waals surface area contributed by atoms with Gasteiger partial charge in [0.1, 0.15) is 12.4 Å².